The van der Waals surface area contributed by atoms with Gasteiger partial charge in [-0.2, -0.15) is 11.3 Å². The number of hydrogen-bond donors (Lipinski definition) is 1. The number of amides is 1. The Morgan fingerprint density at radius 3 is 2.78 bits per heavy atom. The van der Waals surface area contributed by atoms with Crippen molar-refractivity contribution in [3.8, 4) is 0 Å². The Labute approximate surface area is 147 Å². The number of morpholine rings is 1. The molecule has 7 heteroatoms. The number of thiophene rings is 1. The fourth-order valence-corrected chi connectivity index (χ4v) is 4.09. The molecule has 0 saturated carbocycles. The summed E-state index contributed by atoms with van der Waals surface area (Å²) in [6.07, 6.45) is 1.47. The van der Waals surface area contributed by atoms with Crippen LogP contribution >= 0.6 is 23.7 Å². The van der Waals surface area contributed by atoms with E-state index in [2.05, 4.69) is 16.8 Å². The van der Waals surface area contributed by atoms with E-state index < -0.39 is 5.60 Å². The molecule has 1 aromatic rings. The highest BCUT2D eigenvalue weighted by Crippen LogP contribution is 2.31. The second-order valence-corrected chi connectivity index (χ2v) is 6.93. The zero-order valence-electron chi connectivity index (χ0n) is 13.6. The Kier molecular flexibility index (Phi) is 6.45. The van der Waals surface area contributed by atoms with Crippen LogP contribution in [0.25, 0.3) is 0 Å². The molecule has 2 aliphatic rings. The molecule has 2 saturated heterocycles. The van der Waals surface area contributed by atoms with Crippen molar-refractivity contribution in [2.24, 2.45) is 0 Å². The lowest BCUT2D eigenvalue weighted by Gasteiger charge is -2.43. The topological polar surface area (TPSA) is 50.8 Å². The normalized spacial score (nSPS) is 27.3. The lowest BCUT2D eigenvalue weighted by atomic mass is 9.90. The number of nitrogens with one attached hydrogen (secondary N) is 1. The zero-order valence-corrected chi connectivity index (χ0v) is 15.3. The number of methoxy groups -OCH3 is 1. The summed E-state index contributed by atoms with van der Waals surface area (Å²) < 4.78 is 11.7. The summed E-state index contributed by atoms with van der Waals surface area (Å²) >= 11 is 1.66. The first-order valence-corrected chi connectivity index (χ1v) is 8.82. The van der Waals surface area contributed by atoms with Gasteiger partial charge in [-0.1, -0.05) is 0 Å². The molecule has 3 rings (SSSR count). The van der Waals surface area contributed by atoms with Crippen molar-refractivity contribution in [2.45, 2.75) is 37.6 Å². The van der Waals surface area contributed by atoms with Crippen LogP contribution < -0.4 is 5.32 Å². The number of piperidine rings is 1. The van der Waals surface area contributed by atoms with Crippen molar-refractivity contribution in [3.63, 3.8) is 0 Å². The van der Waals surface area contributed by atoms with Gasteiger partial charge in [-0.15, -0.1) is 12.4 Å². The summed E-state index contributed by atoms with van der Waals surface area (Å²) in [6.45, 7) is 4.93. The largest absolute Gasteiger partial charge is 0.368 e. The molecule has 1 N–H and O–H groups in total. The van der Waals surface area contributed by atoms with Gasteiger partial charge >= 0.3 is 0 Å². The molecule has 23 heavy (non-hydrogen) atoms. The van der Waals surface area contributed by atoms with Gasteiger partial charge in [0.25, 0.3) is 5.91 Å². The molecule has 2 atom stereocenters. The van der Waals surface area contributed by atoms with Crippen LogP contribution in [0.5, 0.6) is 0 Å². The van der Waals surface area contributed by atoms with Crippen molar-refractivity contribution in [1.82, 2.24) is 10.2 Å². The molecule has 0 spiro atoms. The van der Waals surface area contributed by atoms with Crippen LogP contribution in [-0.2, 0) is 14.3 Å². The Balaban J connectivity index is 0.00000192. The maximum Gasteiger partial charge on any atom is 0.255 e. The molecule has 0 aliphatic carbocycles. The summed E-state index contributed by atoms with van der Waals surface area (Å²) in [6, 6.07) is 2.08. The molecule has 1 amide bonds. The minimum absolute atomic E-state index is 0. The van der Waals surface area contributed by atoms with Gasteiger partial charge < -0.3 is 19.7 Å². The Morgan fingerprint density at radius 1 is 1.43 bits per heavy atom. The van der Waals surface area contributed by atoms with E-state index in [-0.39, 0.29) is 30.5 Å². The third-order valence-corrected chi connectivity index (χ3v) is 5.36. The van der Waals surface area contributed by atoms with Gasteiger partial charge in [-0.25, -0.2) is 0 Å². The molecule has 3 heterocycles. The number of rotatable bonds is 3. The van der Waals surface area contributed by atoms with Crippen molar-refractivity contribution >= 4 is 29.7 Å². The van der Waals surface area contributed by atoms with Crippen molar-refractivity contribution in [1.29, 1.82) is 0 Å². The van der Waals surface area contributed by atoms with E-state index in [1.54, 1.807) is 18.4 Å². The summed E-state index contributed by atoms with van der Waals surface area (Å²) in [7, 11) is 1.66. The van der Waals surface area contributed by atoms with E-state index in [0.717, 1.165) is 31.5 Å². The fourth-order valence-electron chi connectivity index (χ4n) is 3.38. The number of ether oxygens (including phenoxy) is 2. The van der Waals surface area contributed by atoms with Crippen LogP contribution in [0.1, 0.15) is 31.4 Å². The summed E-state index contributed by atoms with van der Waals surface area (Å²) in [5, 5.41) is 7.45. The highest BCUT2D eigenvalue weighted by atomic mass is 35.5. The molecule has 5 nitrogen and oxygen atoms in total. The quantitative estimate of drug-likeness (QED) is 0.898. The maximum absolute atomic E-state index is 13.1. The van der Waals surface area contributed by atoms with E-state index in [1.807, 2.05) is 17.2 Å². The Morgan fingerprint density at radius 2 is 2.17 bits per heavy atom. The predicted molar refractivity (Wildman–Crippen MR) is 93.3 cm³/mol. The molecule has 0 radical (unpaired) electrons. The second-order valence-electron chi connectivity index (χ2n) is 6.15. The van der Waals surface area contributed by atoms with Gasteiger partial charge in [-0.05, 0) is 55.2 Å². The van der Waals surface area contributed by atoms with Gasteiger partial charge in [0.05, 0.1) is 12.6 Å². The van der Waals surface area contributed by atoms with E-state index in [0.29, 0.717) is 13.1 Å². The molecule has 2 unspecified atom stereocenters. The van der Waals surface area contributed by atoms with Gasteiger partial charge in [0, 0.05) is 13.7 Å². The van der Waals surface area contributed by atoms with Crippen molar-refractivity contribution in [3.05, 3.63) is 22.4 Å². The van der Waals surface area contributed by atoms with Gasteiger partial charge in [0.2, 0.25) is 0 Å². The average molecular weight is 361 g/mol. The monoisotopic (exact) mass is 360 g/mol. The number of nitrogens with zero attached hydrogens (tertiary/aromatic N) is 1. The molecule has 0 bridgehead atoms. The highest BCUT2D eigenvalue weighted by molar-refractivity contribution is 7.07. The van der Waals surface area contributed by atoms with Gasteiger partial charge in [0.15, 0.2) is 0 Å². The average Bonchev–Trinajstić information content (AvgIpc) is 3.09. The van der Waals surface area contributed by atoms with Crippen LogP contribution in [0.15, 0.2) is 16.8 Å². The fraction of sp³-hybridized carbons (Fsp3) is 0.688. The van der Waals surface area contributed by atoms with Crippen LogP contribution in [0.2, 0.25) is 0 Å². The first kappa shape index (κ1) is 18.7. The number of halogens is 1. The van der Waals surface area contributed by atoms with E-state index >= 15 is 0 Å². The van der Waals surface area contributed by atoms with Crippen LogP contribution in [0, 0.1) is 0 Å². The molecule has 2 aliphatic heterocycles. The van der Waals surface area contributed by atoms with Crippen LogP contribution in [-0.4, -0.2) is 55.8 Å². The lowest BCUT2D eigenvalue weighted by Crippen LogP contribution is -2.58. The smallest absolute Gasteiger partial charge is 0.255 e. The summed E-state index contributed by atoms with van der Waals surface area (Å²) in [5.74, 6) is 0.117. The van der Waals surface area contributed by atoms with E-state index in [1.165, 1.54) is 0 Å². The molecule has 2 fully saturated rings. The van der Waals surface area contributed by atoms with Crippen molar-refractivity contribution in [2.75, 3.05) is 33.3 Å². The van der Waals surface area contributed by atoms with Gasteiger partial charge in [-0.3, -0.25) is 4.79 Å². The molecule has 0 aromatic carbocycles. The third-order valence-electron chi connectivity index (χ3n) is 4.65. The Hall–Kier alpha value is -0.660. The first-order chi connectivity index (χ1) is 10.6. The molecular formula is C16H25ClN2O3S. The number of carbonyl (C=O) groups excluding carboxylic acids is 1. The van der Waals surface area contributed by atoms with Crippen LogP contribution in [0.3, 0.4) is 0 Å². The zero-order chi connectivity index (χ0) is 15.6. The summed E-state index contributed by atoms with van der Waals surface area (Å²) in [5.41, 5.74) is 0.493. The Bertz CT molecular complexity index is 505. The first-order valence-electron chi connectivity index (χ1n) is 7.87. The number of hydrogen-bond acceptors (Lipinski definition) is 5. The lowest BCUT2D eigenvalue weighted by molar-refractivity contribution is -0.170. The molecule has 130 valence electrons. The molecule has 1 aromatic heterocycles. The number of carbonyl (C=O) groups is 1. The summed E-state index contributed by atoms with van der Waals surface area (Å²) in [4.78, 5) is 15.0. The van der Waals surface area contributed by atoms with Gasteiger partial charge in [0.1, 0.15) is 11.7 Å². The van der Waals surface area contributed by atoms with Crippen molar-refractivity contribution < 1.29 is 14.3 Å². The maximum atomic E-state index is 13.1. The predicted octanol–water partition coefficient (Wildman–Crippen LogP) is 2.23. The highest BCUT2D eigenvalue weighted by Gasteiger charge is 2.44. The second kappa shape index (κ2) is 7.94. The minimum atomic E-state index is -0.665. The minimum Gasteiger partial charge on any atom is -0.368 e. The standard InChI is InChI=1S/C16H24N2O3S.ClH/c1-12-9-18(10-14(21-12)13-3-8-22-11-13)15(19)16(20-2)4-6-17-7-5-16;/h3,8,11-12,14,17H,4-7,9-10H2,1-2H3;1H. The van der Waals surface area contributed by atoms with E-state index in [9.17, 15) is 4.79 Å². The molecular weight excluding hydrogens is 336 g/mol. The van der Waals surface area contributed by atoms with Crippen LogP contribution in [0.4, 0.5) is 0 Å². The third kappa shape index (κ3) is 3.88. The van der Waals surface area contributed by atoms with E-state index in [4.69, 9.17) is 9.47 Å². The SMILES string of the molecule is COC1(C(=O)N2CC(C)OC(c3ccsc3)C2)CCNCC1.Cl.